The van der Waals surface area contributed by atoms with Gasteiger partial charge in [-0.1, -0.05) is 18.2 Å². The van der Waals surface area contributed by atoms with Crippen LogP contribution in [-0.2, 0) is 10.8 Å². The third kappa shape index (κ3) is 6.21. The molecule has 0 amide bonds. The predicted molar refractivity (Wildman–Crippen MR) is 95.2 cm³/mol. The van der Waals surface area contributed by atoms with E-state index in [1.54, 1.807) is 7.05 Å². The number of benzene rings is 1. The number of nitrogens with one attached hydrogen (secondary N) is 2. The van der Waals surface area contributed by atoms with Gasteiger partial charge in [0.15, 0.2) is 5.96 Å². The maximum Gasteiger partial charge on any atom is 0.191 e. The van der Waals surface area contributed by atoms with Crippen molar-refractivity contribution < 1.29 is 4.21 Å². The minimum Gasteiger partial charge on any atom is -0.356 e. The number of guanidine groups is 1. The lowest BCUT2D eigenvalue weighted by Gasteiger charge is -2.11. The van der Waals surface area contributed by atoms with Crippen LogP contribution >= 0.6 is 24.0 Å². The molecule has 1 aliphatic rings. The van der Waals surface area contributed by atoms with Gasteiger partial charge in [0.25, 0.3) is 0 Å². The number of aliphatic imine (C=N–C) groups is 1. The van der Waals surface area contributed by atoms with Gasteiger partial charge in [-0.25, -0.2) is 0 Å². The molecule has 1 atom stereocenters. The molecule has 6 heteroatoms. The van der Waals surface area contributed by atoms with Crippen molar-refractivity contribution in [3.05, 3.63) is 30.3 Å². The summed E-state index contributed by atoms with van der Waals surface area (Å²) >= 11 is 0. The molecule has 1 saturated carbocycles. The molecule has 0 radical (unpaired) electrons. The quantitative estimate of drug-likeness (QED) is 0.431. The fourth-order valence-corrected chi connectivity index (χ4v) is 2.72. The Labute approximate surface area is 140 Å². The number of nitrogens with zero attached hydrogens (tertiary/aromatic N) is 1. The maximum atomic E-state index is 12.0. The first kappa shape index (κ1) is 17.4. The molecule has 1 unspecified atom stereocenters. The topological polar surface area (TPSA) is 53.5 Å². The summed E-state index contributed by atoms with van der Waals surface area (Å²) in [4.78, 5) is 5.03. The van der Waals surface area contributed by atoms with Gasteiger partial charge in [-0.3, -0.25) is 9.20 Å². The minimum absolute atomic E-state index is 0. The van der Waals surface area contributed by atoms with Crippen LogP contribution in [0.2, 0.25) is 0 Å². The molecule has 20 heavy (non-hydrogen) atoms. The second-order valence-corrected chi connectivity index (χ2v) is 6.26. The summed E-state index contributed by atoms with van der Waals surface area (Å²) in [5.41, 5.74) is 0. The molecule has 1 aromatic carbocycles. The van der Waals surface area contributed by atoms with Crippen LogP contribution in [0.15, 0.2) is 40.2 Å². The SMILES string of the molecule is CN=C(NCCS(=O)c1ccccc1)NCC1CC1.I. The summed E-state index contributed by atoms with van der Waals surface area (Å²) in [6.07, 6.45) is 2.64. The summed E-state index contributed by atoms with van der Waals surface area (Å²) in [6, 6.07) is 9.56. The smallest absolute Gasteiger partial charge is 0.191 e. The van der Waals surface area contributed by atoms with Gasteiger partial charge < -0.3 is 10.6 Å². The van der Waals surface area contributed by atoms with E-state index in [4.69, 9.17) is 0 Å². The largest absolute Gasteiger partial charge is 0.356 e. The summed E-state index contributed by atoms with van der Waals surface area (Å²) in [5.74, 6) is 2.21. The van der Waals surface area contributed by atoms with Crippen molar-refractivity contribution in [1.29, 1.82) is 0 Å². The third-order valence-corrected chi connectivity index (χ3v) is 4.44. The predicted octanol–water partition coefficient (Wildman–Crippen LogP) is 1.99. The number of rotatable bonds is 6. The summed E-state index contributed by atoms with van der Waals surface area (Å²) in [5, 5.41) is 6.48. The van der Waals surface area contributed by atoms with E-state index in [1.165, 1.54) is 12.8 Å². The molecule has 0 bridgehead atoms. The van der Waals surface area contributed by atoms with Crippen molar-refractivity contribution >= 4 is 40.7 Å². The van der Waals surface area contributed by atoms with Crippen LogP contribution in [0.3, 0.4) is 0 Å². The van der Waals surface area contributed by atoms with Crippen molar-refractivity contribution in [3.8, 4) is 0 Å². The van der Waals surface area contributed by atoms with Gasteiger partial charge in [0.2, 0.25) is 0 Å². The Morgan fingerprint density at radius 2 is 2.00 bits per heavy atom. The maximum absolute atomic E-state index is 12.0. The van der Waals surface area contributed by atoms with E-state index in [1.807, 2.05) is 30.3 Å². The van der Waals surface area contributed by atoms with Crippen LogP contribution in [0, 0.1) is 5.92 Å². The highest BCUT2D eigenvalue weighted by Crippen LogP contribution is 2.27. The van der Waals surface area contributed by atoms with E-state index in [9.17, 15) is 4.21 Å². The van der Waals surface area contributed by atoms with E-state index in [0.717, 1.165) is 23.3 Å². The summed E-state index contributed by atoms with van der Waals surface area (Å²) in [6.45, 7) is 1.65. The molecule has 0 spiro atoms. The van der Waals surface area contributed by atoms with Crippen LogP contribution in [0.1, 0.15) is 12.8 Å². The molecular weight excluding hydrogens is 385 g/mol. The number of halogens is 1. The Morgan fingerprint density at radius 3 is 2.60 bits per heavy atom. The highest BCUT2D eigenvalue weighted by molar-refractivity contribution is 14.0. The lowest BCUT2D eigenvalue weighted by molar-refractivity contribution is 0.680. The molecule has 112 valence electrons. The van der Waals surface area contributed by atoms with Crippen LogP contribution in [0.5, 0.6) is 0 Å². The van der Waals surface area contributed by atoms with Crippen molar-refractivity contribution in [2.45, 2.75) is 17.7 Å². The molecule has 2 rings (SSSR count). The van der Waals surface area contributed by atoms with Crippen LogP contribution in [-0.4, -0.2) is 36.1 Å². The first-order chi connectivity index (χ1) is 9.29. The Balaban J connectivity index is 0.00000200. The molecule has 2 N–H and O–H groups in total. The molecule has 1 fully saturated rings. The standard InChI is InChI=1S/C14H21N3OS.HI/c1-15-14(17-11-12-7-8-12)16-9-10-19(18)13-5-3-2-4-6-13;/h2-6,12H,7-11H2,1H3,(H2,15,16,17);1H. The van der Waals surface area contributed by atoms with Crippen molar-refractivity contribution in [2.75, 3.05) is 25.9 Å². The molecule has 0 saturated heterocycles. The van der Waals surface area contributed by atoms with Crippen LogP contribution in [0.25, 0.3) is 0 Å². The van der Waals surface area contributed by atoms with E-state index in [2.05, 4.69) is 15.6 Å². The first-order valence-electron chi connectivity index (χ1n) is 6.67. The van der Waals surface area contributed by atoms with E-state index >= 15 is 0 Å². The van der Waals surface area contributed by atoms with Gasteiger partial charge in [-0.2, -0.15) is 0 Å². The second kappa shape index (κ2) is 9.33. The average Bonchev–Trinajstić information content (AvgIpc) is 3.27. The fraction of sp³-hybridized carbons (Fsp3) is 0.500. The number of hydrogen-bond acceptors (Lipinski definition) is 2. The second-order valence-electron chi connectivity index (χ2n) is 4.69. The zero-order chi connectivity index (χ0) is 13.5. The van der Waals surface area contributed by atoms with Crippen LogP contribution < -0.4 is 10.6 Å². The van der Waals surface area contributed by atoms with Gasteiger partial charge >= 0.3 is 0 Å². The Morgan fingerprint density at radius 1 is 1.30 bits per heavy atom. The molecular formula is C14H22IN3OS. The van der Waals surface area contributed by atoms with Gasteiger partial charge in [0.05, 0.1) is 10.8 Å². The lowest BCUT2D eigenvalue weighted by atomic mass is 10.4. The zero-order valence-electron chi connectivity index (χ0n) is 11.7. The van der Waals surface area contributed by atoms with Crippen molar-refractivity contribution in [3.63, 3.8) is 0 Å². The first-order valence-corrected chi connectivity index (χ1v) is 7.99. The normalized spacial score (nSPS) is 16.1. The number of hydrogen-bond donors (Lipinski definition) is 2. The Hall–Kier alpha value is -0.630. The van der Waals surface area contributed by atoms with Gasteiger partial charge in [-0.05, 0) is 30.9 Å². The third-order valence-electron chi connectivity index (χ3n) is 3.06. The highest BCUT2D eigenvalue weighted by atomic mass is 127. The Bertz CT molecular complexity index is 449. The van der Waals surface area contributed by atoms with Gasteiger partial charge in [-0.15, -0.1) is 24.0 Å². The summed E-state index contributed by atoms with van der Waals surface area (Å²) < 4.78 is 12.0. The molecule has 0 aromatic heterocycles. The van der Waals surface area contributed by atoms with E-state index in [0.29, 0.717) is 12.3 Å². The van der Waals surface area contributed by atoms with Crippen molar-refractivity contribution in [2.24, 2.45) is 10.9 Å². The molecule has 0 aliphatic heterocycles. The highest BCUT2D eigenvalue weighted by Gasteiger charge is 2.20. The molecule has 0 heterocycles. The molecule has 1 aliphatic carbocycles. The van der Waals surface area contributed by atoms with E-state index < -0.39 is 10.8 Å². The average molecular weight is 407 g/mol. The van der Waals surface area contributed by atoms with Crippen molar-refractivity contribution in [1.82, 2.24) is 10.6 Å². The van der Waals surface area contributed by atoms with Gasteiger partial charge in [0.1, 0.15) is 0 Å². The zero-order valence-corrected chi connectivity index (χ0v) is 14.8. The monoisotopic (exact) mass is 407 g/mol. The Kier molecular flexibility index (Phi) is 8.13. The molecule has 1 aromatic rings. The fourth-order valence-electron chi connectivity index (χ4n) is 1.74. The van der Waals surface area contributed by atoms with Gasteiger partial charge in [0, 0.05) is 30.8 Å². The van der Waals surface area contributed by atoms with E-state index in [-0.39, 0.29) is 24.0 Å². The lowest BCUT2D eigenvalue weighted by Crippen LogP contribution is -2.40. The summed E-state index contributed by atoms with van der Waals surface area (Å²) in [7, 11) is 0.813. The minimum atomic E-state index is -0.947. The molecule has 4 nitrogen and oxygen atoms in total. The van der Waals surface area contributed by atoms with Crippen LogP contribution in [0.4, 0.5) is 0 Å².